The minimum Gasteiger partial charge on any atom is -0.364 e. The standard InChI is InChI=1S/C11H17N3O3/c12-5-8-1-2-10(17-8)11(15)14-3-4-16-9(6-13)7-14/h8-10H,1-5,7,12H2. The van der Waals surface area contributed by atoms with Crippen LogP contribution in [0.3, 0.4) is 0 Å². The maximum atomic E-state index is 12.1. The maximum absolute atomic E-state index is 12.1. The van der Waals surface area contributed by atoms with Crippen molar-refractivity contribution >= 4 is 5.91 Å². The number of carbonyl (C=O) groups excluding carboxylic acids is 1. The number of morpholine rings is 1. The number of amides is 1. The van der Waals surface area contributed by atoms with Crippen LogP contribution in [0.1, 0.15) is 12.8 Å². The van der Waals surface area contributed by atoms with Crippen LogP contribution < -0.4 is 5.73 Å². The van der Waals surface area contributed by atoms with Gasteiger partial charge in [-0.3, -0.25) is 4.79 Å². The van der Waals surface area contributed by atoms with Crippen molar-refractivity contribution in [3.63, 3.8) is 0 Å². The van der Waals surface area contributed by atoms with Gasteiger partial charge < -0.3 is 20.1 Å². The molecule has 0 bridgehead atoms. The van der Waals surface area contributed by atoms with E-state index in [9.17, 15) is 4.79 Å². The Kier molecular flexibility index (Phi) is 3.94. The minimum absolute atomic E-state index is 0.00301. The summed E-state index contributed by atoms with van der Waals surface area (Å²) in [5, 5.41) is 8.78. The normalized spacial score (nSPS) is 33.4. The monoisotopic (exact) mass is 239 g/mol. The van der Waals surface area contributed by atoms with Gasteiger partial charge in [0.2, 0.25) is 0 Å². The lowest BCUT2D eigenvalue weighted by Gasteiger charge is -2.31. The van der Waals surface area contributed by atoms with Crippen molar-refractivity contribution in [2.45, 2.75) is 31.2 Å². The Hall–Kier alpha value is -1.16. The lowest BCUT2D eigenvalue weighted by Crippen LogP contribution is -2.49. The van der Waals surface area contributed by atoms with E-state index in [-0.39, 0.29) is 18.1 Å². The number of rotatable bonds is 2. The molecule has 0 aliphatic carbocycles. The number of hydrogen-bond acceptors (Lipinski definition) is 5. The molecule has 2 rings (SSSR count). The third-order valence-corrected chi connectivity index (χ3v) is 3.17. The van der Waals surface area contributed by atoms with Crippen LogP contribution in [0.2, 0.25) is 0 Å². The minimum atomic E-state index is -0.514. The molecule has 3 unspecified atom stereocenters. The van der Waals surface area contributed by atoms with E-state index >= 15 is 0 Å². The molecule has 0 spiro atoms. The molecule has 1 amide bonds. The molecule has 2 aliphatic heterocycles. The number of nitrogens with zero attached hydrogens (tertiary/aromatic N) is 2. The molecular weight excluding hydrogens is 222 g/mol. The van der Waals surface area contributed by atoms with Crippen LogP contribution in [0.25, 0.3) is 0 Å². The molecule has 6 heteroatoms. The quantitative estimate of drug-likeness (QED) is 0.684. The summed E-state index contributed by atoms with van der Waals surface area (Å²) in [4.78, 5) is 13.8. The highest BCUT2D eigenvalue weighted by atomic mass is 16.5. The Morgan fingerprint density at radius 1 is 1.53 bits per heavy atom. The molecule has 0 radical (unpaired) electrons. The summed E-state index contributed by atoms with van der Waals surface area (Å²) < 4.78 is 10.8. The van der Waals surface area contributed by atoms with Gasteiger partial charge in [-0.05, 0) is 12.8 Å². The smallest absolute Gasteiger partial charge is 0.251 e. The highest BCUT2D eigenvalue weighted by Gasteiger charge is 2.34. The summed E-state index contributed by atoms with van der Waals surface area (Å²) in [5.74, 6) is -0.0375. The van der Waals surface area contributed by atoms with Gasteiger partial charge in [0, 0.05) is 13.1 Å². The van der Waals surface area contributed by atoms with E-state index in [4.69, 9.17) is 20.5 Å². The molecule has 94 valence electrons. The molecule has 0 aromatic rings. The Balaban J connectivity index is 1.89. The maximum Gasteiger partial charge on any atom is 0.251 e. The van der Waals surface area contributed by atoms with E-state index in [1.165, 1.54) is 0 Å². The zero-order valence-corrected chi connectivity index (χ0v) is 9.67. The molecule has 2 heterocycles. The summed E-state index contributed by atoms with van der Waals surface area (Å²) in [6.07, 6.45) is 0.644. The van der Waals surface area contributed by atoms with Crippen LogP contribution in [0.15, 0.2) is 0 Å². The second-order valence-corrected chi connectivity index (χ2v) is 4.33. The molecule has 0 aromatic heterocycles. The van der Waals surface area contributed by atoms with Gasteiger partial charge in [-0.15, -0.1) is 0 Å². The van der Waals surface area contributed by atoms with Crippen molar-refractivity contribution < 1.29 is 14.3 Å². The summed E-state index contributed by atoms with van der Waals surface area (Å²) in [7, 11) is 0. The first-order chi connectivity index (χ1) is 8.24. The first-order valence-corrected chi connectivity index (χ1v) is 5.90. The van der Waals surface area contributed by atoms with Gasteiger partial charge in [-0.25, -0.2) is 0 Å². The van der Waals surface area contributed by atoms with Crippen LogP contribution in [0.5, 0.6) is 0 Å². The van der Waals surface area contributed by atoms with Crippen LogP contribution in [-0.2, 0) is 14.3 Å². The van der Waals surface area contributed by atoms with Gasteiger partial charge in [-0.1, -0.05) is 0 Å². The van der Waals surface area contributed by atoms with Crippen LogP contribution in [0.4, 0.5) is 0 Å². The summed E-state index contributed by atoms with van der Waals surface area (Å²) >= 11 is 0. The van der Waals surface area contributed by atoms with Gasteiger partial charge in [0.1, 0.15) is 6.10 Å². The predicted octanol–water partition coefficient (Wildman–Crippen LogP) is -0.756. The van der Waals surface area contributed by atoms with E-state index < -0.39 is 6.10 Å². The van der Waals surface area contributed by atoms with E-state index in [2.05, 4.69) is 0 Å². The average molecular weight is 239 g/mol. The summed E-state index contributed by atoms with van der Waals surface area (Å²) in [6.45, 7) is 1.73. The Morgan fingerprint density at radius 2 is 2.35 bits per heavy atom. The van der Waals surface area contributed by atoms with Gasteiger partial charge in [0.25, 0.3) is 5.91 Å². The van der Waals surface area contributed by atoms with Gasteiger partial charge in [0.05, 0.1) is 25.3 Å². The fraction of sp³-hybridized carbons (Fsp3) is 0.818. The van der Waals surface area contributed by atoms with Crippen molar-refractivity contribution in [1.29, 1.82) is 5.26 Å². The lowest BCUT2D eigenvalue weighted by atomic mass is 10.1. The molecule has 2 aliphatic rings. The Labute approximate surface area is 100 Å². The molecule has 0 saturated carbocycles. The van der Waals surface area contributed by atoms with Gasteiger partial charge >= 0.3 is 0 Å². The number of carbonyl (C=O) groups is 1. The highest BCUT2D eigenvalue weighted by Crippen LogP contribution is 2.21. The van der Waals surface area contributed by atoms with Crippen LogP contribution in [0, 0.1) is 11.3 Å². The predicted molar refractivity (Wildman–Crippen MR) is 58.9 cm³/mol. The van der Waals surface area contributed by atoms with E-state index in [0.717, 1.165) is 12.8 Å². The molecule has 2 fully saturated rings. The van der Waals surface area contributed by atoms with Crippen LogP contribution in [-0.4, -0.2) is 55.4 Å². The molecule has 0 aromatic carbocycles. The van der Waals surface area contributed by atoms with Crippen molar-refractivity contribution in [2.24, 2.45) is 5.73 Å². The zero-order valence-electron chi connectivity index (χ0n) is 9.67. The third kappa shape index (κ3) is 2.75. The zero-order chi connectivity index (χ0) is 12.3. The van der Waals surface area contributed by atoms with E-state index in [1.807, 2.05) is 6.07 Å². The number of hydrogen-bond donors (Lipinski definition) is 1. The molecule has 17 heavy (non-hydrogen) atoms. The fourth-order valence-corrected chi connectivity index (χ4v) is 2.19. The van der Waals surface area contributed by atoms with Crippen molar-refractivity contribution in [1.82, 2.24) is 4.90 Å². The first-order valence-electron chi connectivity index (χ1n) is 5.90. The second-order valence-electron chi connectivity index (χ2n) is 4.33. The second kappa shape index (κ2) is 5.45. The largest absolute Gasteiger partial charge is 0.364 e. The third-order valence-electron chi connectivity index (χ3n) is 3.17. The fourth-order valence-electron chi connectivity index (χ4n) is 2.19. The Bertz CT molecular complexity index is 328. The number of nitriles is 1. The number of nitrogens with two attached hydrogens (primary N) is 1. The van der Waals surface area contributed by atoms with Crippen molar-refractivity contribution in [3.05, 3.63) is 0 Å². The van der Waals surface area contributed by atoms with E-state index in [0.29, 0.717) is 26.2 Å². The van der Waals surface area contributed by atoms with Crippen molar-refractivity contribution in [3.8, 4) is 6.07 Å². The highest BCUT2D eigenvalue weighted by molar-refractivity contribution is 5.81. The van der Waals surface area contributed by atoms with Gasteiger partial charge in [0.15, 0.2) is 6.10 Å². The topological polar surface area (TPSA) is 88.6 Å². The summed E-state index contributed by atoms with van der Waals surface area (Å²) in [6, 6.07) is 2.02. The molecule has 6 nitrogen and oxygen atoms in total. The summed E-state index contributed by atoms with van der Waals surface area (Å²) in [5.41, 5.74) is 5.51. The number of ether oxygens (including phenoxy) is 2. The SMILES string of the molecule is N#CC1CN(C(=O)C2CCC(CN)O2)CCO1. The lowest BCUT2D eigenvalue weighted by molar-refractivity contribution is -0.148. The molecule has 2 saturated heterocycles. The Morgan fingerprint density at radius 3 is 3.00 bits per heavy atom. The molecule has 3 atom stereocenters. The van der Waals surface area contributed by atoms with Crippen molar-refractivity contribution in [2.75, 3.05) is 26.2 Å². The average Bonchev–Trinajstić information content (AvgIpc) is 2.86. The molecular formula is C11H17N3O3. The first kappa shape index (κ1) is 12.3. The van der Waals surface area contributed by atoms with Crippen LogP contribution >= 0.6 is 0 Å². The van der Waals surface area contributed by atoms with E-state index in [1.54, 1.807) is 4.90 Å². The van der Waals surface area contributed by atoms with Gasteiger partial charge in [-0.2, -0.15) is 5.26 Å². The molecule has 2 N–H and O–H groups in total.